The van der Waals surface area contributed by atoms with E-state index in [0.717, 1.165) is 37.2 Å². The van der Waals surface area contributed by atoms with Crippen molar-refractivity contribution >= 4 is 29.3 Å². The van der Waals surface area contributed by atoms with Gasteiger partial charge >= 0.3 is 0 Å². The molecule has 1 fully saturated rings. The summed E-state index contributed by atoms with van der Waals surface area (Å²) in [6.07, 6.45) is 4.51. The van der Waals surface area contributed by atoms with Gasteiger partial charge in [-0.1, -0.05) is 42.4 Å². The molecule has 0 radical (unpaired) electrons. The average Bonchev–Trinajstić information content (AvgIpc) is 2.71. The van der Waals surface area contributed by atoms with Gasteiger partial charge in [0.2, 0.25) is 5.91 Å². The summed E-state index contributed by atoms with van der Waals surface area (Å²) in [7, 11) is 1.73. The van der Waals surface area contributed by atoms with Crippen LogP contribution >= 0.6 is 23.4 Å². The molecule has 5 nitrogen and oxygen atoms in total. The normalized spacial score (nSPS) is 14.3. The van der Waals surface area contributed by atoms with Gasteiger partial charge in [-0.25, -0.2) is 4.98 Å². The topological polar surface area (TPSA) is 55.2 Å². The van der Waals surface area contributed by atoms with Crippen LogP contribution in [0.25, 0.3) is 0 Å². The molecule has 7 heteroatoms. The largest absolute Gasteiger partial charge is 0.342 e. The van der Waals surface area contributed by atoms with Crippen molar-refractivity contribution in [1.82, 2.24) is 14.5 Å². The first-order chi connectivity index (χ1) is 13.5. The number of carbonyl (C=O) groups excluding carboxylic acids is 1. The molecule has 3 rings (SSSR count). The first-order valence-electron chi connectivity index (χ1n) is 9.73. The summed E-state index contributed by atoms with van der Waals surface area (Å²) in [5.41, 5.74) is 2.41. The number of carbonyl (C=O) groups is 1. The molecule has 0 unspecified atom stereocenters. The Morgan fingerprint density at radius 3 is 2.68 bits per heavy atom. The van der Waals surface area contributed by atoms with Crippen molar-refractivity contribution in [2.75, 3.05) is 18.8 Å². The molecule has 0 bridgehead atoms. The minimum Gasteiger partial charge on any atom is -0.342 e. The van der Waals surface area contributed by atoms with E-state index in [-0.39, 0.29) is 11.5 Å². The number of aryl methyl sites for hydroxylation is 1. The van der Waals surface area contributed by atoms with Crippen molar-refractivity contribution in [3.8, 4) is 0 Å². The SMILES string of the molecule is CCc1nc(SCC(=O)N2CCCCC2)n(C)c(=O)c1Cc1cccc(Cl)c1. The molecular weight excluding hydrogens is 394 g/mol. The number of likely N-dealkylation sites (tertiary alicyclic amines) is 1. The average molecular weight is 420 g/mol. The van der Waals surface area contributed by atoms with Gasteiger partial charge in [-0.2, -0.15) is 0 Å². The summed E-state index contributed by atoms with van der Waals surface area (Å²) in [6.45, 7) is 3.67. The van der Waals surface area contributed by atoms with Crippen LogP contribution in [0.5, 0.6) is 0 Å². The maximum Gasteiger partial charge on any atom is 0.257 e. The van der Waals surface area contributed by atoms with Gasteiger partial charge in [0.25, 0.3) is 5.56 Å². The Labute approximate surface area is 175 Å². The zero-order chi connectivity index (χ0) is 20.1. The highest BCUT2D eigenvalue weighted by Gasteiger charge is 2.19. The molecule has 0 saturated carbocycles. The van der Waals surface area contributed by atoms with Crippen molar-refractivity contribution in [2.45, 2.75) is 44.2 Å². The molecule has 0 atom stereocenters. The third kappa shape index (κ3) is 4.97. The van der Waals surface area contributed by atoms with Gasteiger partial charge in [0.15, 0.2) is 5.16 Å². The molecule has 1 saturated heterocycles. The standard InChI is InChI=1S/C21H26ClN3O2S/c1-3-18-17(13-15-8-7-9-16(22)12-15)20(27)24(2)21(23-18)28-14-19(26)25-10-5-4-6-11-25/h7-9,12H,3-6,10-11,13-14H2,1-2H3. The van der Waals surface area contributed by atoms with Crippen LogP contribution < -0.4 is 5.56 Å². The lowest BCUT2D eigenvalue weighted by molar-refractivity contribution is -0.129. The molecule has 1 aliphatic heterocycles. The maximum absolute atomic E-state index is 13.0. The number of hydrogen-bond donors (Lipinski definition) is 0. The second-order valence-electron chi connectivity index (χ2n) is 7.07. The molecule has 150 valence electrons. The Morgan fingerprint density at radius 2 is 2.00 bits per heavy atom. The Morgan fingerprint density at radius 1 is 1.25 bits per heavy atom. The maximum atomic E-state index is 13.0. The lowest BCUT2D eigenvalue weighted by atomic mass is 10.0. The molecule has 0 spiro atoms. The summed E-state index contributed by atoms with van der Waals surface area (Å²) >= 11 is 7.43. The van der Waals surface area contributed by atoms with Gasteiger partial charge in [0.1, 0.15) is 0 Å². The summed E-state index contributed by atoms with van der Waals surface area (Å²) in [6, 6.07) is 7.55. The van der Waals surface area contributed by atoms with Crippen molar-refractivity contribution < 1.29 is 4.79 Å². The fourth-order valence-electron chi connectivity index (χ4n) is 3.48. The number of aromatic nitrogens is 2. The quantitative estimate of drug-likeness (QED) is 0.529. The van der Waals surface area contributed by atoms with Crippen molar-refractivity contribution in [3.63, 3.8) is 0 Å². The van der Waals surface area contributed by atoms with Gasteiger partial charge in [0.05, 0.1) is 11.4 Å². The number of benzene rings is 1. The van der Waals surface area contributed by atoms with Crippen LogP contribution in [-0.4, -0.2) is 39.2 Å². The smallest absolute Gasteiger partial charge is 0.257 e. The molecule has 1 aliphatic rings. The van der Waals surface area contributed by atoms with E-state index in [9.17, 15) is 9.59 Å². The number of nitrogens with zero attached hydrogens (tertiary/aromatic N) is 3. The lowest BCUT2D eigenvalue weighted by Gasteiger charge is -2.26. The first kappa shape index (κ1) is 20.9. The third-order valence-corrected chi connectivity index (χ3v) is 6.32. The van der Waals surface area contributed by atoms with Gasteiger partial charge < -0.3 is 4.90 Å². The second-order valence-corrected chi connectivity index (χ2v) is 8.45. The fraction of sp³-hybridized carbons (Fsp3) is 0.476. The van der Waals surface area contributed by atoms with Crippen LogP contribution in [0.4, 0.5) is 0 Å². The Balaban J connectivity index is 1.79. The molecule has 0 aliphatic carbocycles. The van der Waals surface area contributed by atoms with Gasteiger partial charge in [-0.3, -0.25) is 14.2 Å². The summed E-state index contributed by atoms with van der Waals surface area (Å²) in [5, 5.41) is 1.26. The van der Waals surface area contributed by atoms with E-state index in [2.05, 4.69) is 0 Å². The molecule has 1 amide bonds. The minimum atomic E-state index is -0.0558. The summed E-state index contributed by atoms with van der Waals surface area (Å²) < 4.78 is 1.56. The third-order valence-electron chi connectivity index (χ3n) is 5.07. The molecule has 1 aromatic carbocycles. The molecule has 1 aromatic heterocycles. The predicted octanol–water partition coefficient (Wildman–Crippen LogP) is 3.69. The van der Waals surface area contributed by atoms with Gasteiger partial charge in [0, 0.05) is 37.1 Å². The number of hydrogen-bond acceptors (Lipinski definition) is 4. The van der Waals surface area contributed by atoms with E-state index in [0.29, 0.717) is 34.3 Å². The Kier molecular flexibility index (Phi) is 7.18. The first-order valence-corrected chi connectivity index (χ1v) is 11.1. The van der Waals surface area contributed by atoms with E-state index >= 15 is 0 Å². The van der Waals surface area contributed by atoms with Crippen molar-refractivity contribution in [1.29, 1.82) is 0 Å². The number of piperidine rings is 1. The van der Waals surface area contributed by atoms with Crippen LogP contribution in [0.2, 0.25) is 5.02 Å². The molecule has 28 heavy (non-hydrogen) atoms. The second kappa shape index (κ2) is 9.61. The number of halogens is 1. The highest BCUT2D eigenvalue weighted by molar-refractivity contribution is 7.99. The number of amides is 1. The fourth-order valence-corrected chi connectivity index (χ4v) is 4.58. The van der Waals surface area contributed by atoms with Gasteiger partial charge in [-0.15, -0.1) is 0 Å². The zero-order valence-electron chi connectivity index (χ0n) is 16.4. The van der Waals surface area contributed by atoms with E-state index in [1.807, 2.05) is 36.1 Å². The summed E-state index contributed by atoms with van der Waals surface area (Å²) in [5.74, 6) is 0.442. The van der Waals surface area contributed by atoms with Crippen LogP contribution in [-0.2, 0) is 24.7 Å². The van der Waals surface area contributed by atoms with Crippen LogP contribution in [0.3, 0.4) is 0 Å². The Hall–Kier alpha value is -1.79. The number of rotatable bonds is 6. The minimum absolute atomic E-state index is 0.0558. The van der Waals surface area contributed by atoms with Crippen LogP contribution in [0.1, 0.15) is 43.0 Å². The Bertz CT molecular complexity index is 907. The monoisotopic (exact) mass is 419 g/mol. The van der Waals surface area contributed by atoms with Crippen LogP contribution in [0.15, 0.2) is 34.2 Å². The highest BCUT2D eigenvalue weighted by atomic mass is 35.5. The zero-order valence-corrected chi connectivity index (χ0v) is 18.0. The molecule has 2 heterocycles. The lowest BCUT2D eigenvalue weighted by Crippen LogP contribution is -2.37. The van der Waals surface area contributed by atoms with Gasteiger partial charge in [-0.05, 0) is 43.4 Å². The van der Waals surface area contributed by atoms with E-state index < -0.39 is 0 Å². The molecule has 2 aromatic rings. The van der Waals surface area contributed by atoms with Crippen LogP contribution in [0, 0.1) is 0 Å². The highest BCUT2D eigenvalue weighted by Crippen LogP contribution is 2.20. The van der Waals surface area contributed by atoms with E-state index in [4.69, 9.17) is 16.6 Å². The molecular formula is C21H26ClN3O2S. The van der Waals surface area contributed by atoms with Crippen molar-refractivity contribution in [2.24, 2.45) is 7.05 Å². The summed E-state index contributed by atoms with van der Waals surface area (Å²) in [4.78, 5) is 32.1. The van der Waals surface area contributed by atoms with E-state index in [1.165, 1.54) is 18.2 Å². The van der Waals surface area contributed by atoms with E-state index in [1.54, 1.807) is 11.6 Å². The molecule has 0 N–H and O–H groups in total. The predicted molar refractivity (Wildman–Crippen MR) is 114 cm³/mol. The van der Waals surface area contributed by atoms with Crippen molar-refractivity contribution in [3.05, 3.63) is 56.5 Å². The number of thioether (sulfide) groups is 1.